The van der Waals surface area contributed by atoms with Gasteiger partial charge in [0.05, 0.1) is 12.0 Å². The Morgan fingerprint density at radius 1 is 1.06 bits per heavy atom. The molecule has 1 N–H and O–H groups in total. The van der Waals surface area contributed by atoms with Crippen molar-refractivity contribution in [3.05, 3.63) is 83.6 Å². The van der Waals surface area contributed by atoms with Gasteiger partial charge in [0.25, 0.3) is 5.91 Å². The minimum Gasteiger partial charge on any atom is -0.378 e. The van der Waals surface area contributed by atoms with Crippen molar-refractivity contribution in [1.82, 2.24) is 25.2 Å². The maximum absolute atomic E-state index is 12.4. The first-order chi connectivity index (χ1) is 16.5. The van der Waals surface area contributed by atoms with Crippen LogP contribution in [0.1, 0.15) is 5.56 Å². The van der Waals surface area contributed by atoms with Gasteiger partial charge in [0.1, 0.15) is 0 Å². The van der Waals surface area contributed by atoms with Gasteiger partial charge in [-0.3, -0.25) is 14.3 Å². The first kappa shape index (κ1) is 23.5. The van der Waals surface area contributed by atoms with Crippen molar-refractivity contribution in [2.75, 3.05) is 24.7 Å². The summed E-state index contributed by atoms with van der Waals surface area (Å²) in [4.78, 5) is 18.5. The zero-order valence-corrected chi connectivity index (χ0v) is 20.2. The standard InChI is InChI=1S/C24H22ClN7OS/c1-31(2)20-7-3-17(4-8-20)15-27-28-22(33)16-34-24-30-29-23(18-11-13-26-14-12-18)32(24)21-9-5-19(25)6-10-21/h3-15H,16H2,1-2H3,(H,28,33)/b27-15-. The highest BCUT2D eigenvalue weighted by molar-refractivity contribution is 7.99. The Morgan fingerprint density at radius 2 is 1.76 bits per heavy atom. The number of halogens is 1. The number of thioether (sulfide) groups is 1. The Kier molecular flexibility index (Phi) is 7.56. The van der Waals surface area contributed by atoms with Gasteiger partial charge in [0, 0.05) is 48.4 Å². The SMILES string of the molecule is CN(C)c1ccc(/C=N\NC(=O)CSc2nnc(-c3ccncc3)n2-c2ccc(Cl)cc2)cc1. The molecule has 2 heterocycles. The van der Waals surface area contributed by atoms with Crippen LogP contribution in [0.4, 0.5) is 5.69 Å². The van der Waals surface area contributed by atoms with Crippen molar-refractivity contribution in [2.45, 2.75) is 5.16 Å². The molecular formula is C24H22ClN7OS. The molecule has 0 fully saturated rings. The monoisotopic (exact) mass is 491 g/mol. The first-order valence-electron chi connectivity index (χ1n) is 10.3. The fourth-order valence-corrected chi connectivity index (χ4v) is 3.94. The summed E-state index contributed by atoms with van der Waals surface area (Å²) in [6, 6.07) is 18.9. The molecule has 4 rings (SSSR count). The smallest absolute Gasteiger partial charge is 0.250 e. The number of amides is 1. The van der Waals surface area contributed by atoms with Gasteiger partial charge in [-0.05, 0) is 54.1 Å². The van der Waals surface area contributed by atoms with Crippen LogP contribution in [0.3, 0.4) is 0 Å². The molecule has 2 aromatic heterocycles. The minimum atomic E-state index is -0.248. The molecular weight excluding hydrogens is 470 g/mol. The molecule has 34 heavy (non-hydrogen) atoms. The molecule has 0 aliphatic carbocycles. The Bertz CT molecular complexity index is 1270. The average molecular weight is 492 g/mol. The van der Waals surface area contributed by atoms with Crippen LogP contribution in [-0.4, -0.2) is 51.7 Å². The quantitative estimate of drug-likeness (QED) is 0.225. The Morgan fingerprint density at radius 3 is 2.44 bits per heavy atom. The van der Waals surface area contributed by atoms with Gasteiger partial charge in [-0.1, -0.05) is 35.5 Å². The maximum Gasteiger partial charge on any atom is 0.250 e. The lowest BCUT2D eigenvalue weighted by Gasteiger charge is -2.11. The normalized spacial score (nSPS) is 11.0. The van der Waals surface area contributed by atoms with Crippen molar-refractivity contribution < 1.29 is 4.79 Å². The van der Waals surface area contributed by atoms with Gasteiger partial charge in [0.15, 0.2) is 11.0 Å². The van der Waals surface area contributed by atoms with Crippen LogP contribution in [0.5, 0.6) is 0 Å². The van der Waals surface area contributed by atoms with E-state index in [1.54, 1.807) is 30.7 Å². The van der Waals surface area contributed by atoms with Crippen LogP contribution in [-0.2, 0) is 4.79 Å². The molecule has 8 nitrogen and oxygen atoms in total. The highest BCUT2D eigenvalue weighted by Gasteiger charge is 2.17. The summed E-state index contributed by atoms with van der Waals surface area (Å²) in [6.07, 6.45) is 5.00. The number of benzene rings is 2. The van der Waals surface area contributed by atoms with Gasteiger partial charge < -0.3 is 4.90 Å². The van der Waals surface area contributed by atoms with E-state index >= 15 is 0 Å². The number of hydrogen-bond acceptors (Lipinski definition) is 7. The lowest BCUT2D eigenvalue weighted by Crippen LogP contribution is -2.20. The summed E-state index contributed by atoms with van der Waals surface area (Å²) >= 11 is 7.33. The Balaban J connectivity index is 1.45. The number of carbonyl (C=O) groups excluding carboxylic acids is 1. The number of hydrogen-bond donors (Lipinski definition) is 1. The van der Waals surface area contributed by atoms with Crippen molar-refractivity contribution in [3.8, 4) is 17.1 Å². The van der Waals surface area contributed by atoms with Gasteiger partial charge in [-0.15, -0.1) is 10.2 Å². The molecule has 0 aliphatic rings. The summed E-state index contributed by atoms with van der Waals surface area (Å²) < 4.78 is 1.89. The van der Waals surface area contributed by atoms with E-state index in [-0.39, 0.29) is 11.7 Å². The molecule has 0 unspecified atom stereocenters. The Hall–Kier alpha value is -3.69. The van der Waals surface area contributed by atoms with Gasteiger partial charge in [-0.25, -0.2) is 5.43 Å². The molecule has 4 aromatic rings. The second-order valence-electron chi connectivity index (χ2n) is 7.42. The van der Waals surface area contributed by atoms with Crippen molar-refractivity contribution in [2.24, 2.45) is 5.10 Å². The predicted octanol–water partition coefficient (Wildman–Crippen LogP) is 4.29. The largest absolute Gasteiger partial charge is 0.378 e. The van der Waals surface area contributed by atoms with Gasteiger partial charge in [0.2, 0.25) is 0 Å². The van der Waals surface area contributed by atoms with Crippen LogP contribution in [0.2, 0.25) is 5.02 Å². The second kappa shape index (κ2) is 11.0. The minimum absolute atomic E-state index is 0.124. The predicted molar refractivity (Wildman–Crippen MR) is 137 cm³/mol. The van der Waals surface area contributed by atoms with E-state index in [0.29, 0.717) is 16.0 Å². The van der Waals surface area contributed by atoms with Crippen LogP contribution in [0.15, 0.2) is 83.3 Å². The molecule has 0 atom stereocenters. The zero-order chi connectivity index (χ0) is 23.9. The lowest BCUT2D eigenvalue weighted by atomic mass is 10.2. The summed E-state index contributed by atoms with van der Waals surface area (Å²) in [6.45, 7) is 0. The van der Waals surface area contributed by atoms with E-state index in [0.717, 1.165) is 22.5 Å². The molecule has 10 heteroatoms. The summed E-state index contributed by atoms with van der Waals surface area (Å²) in [5, 5.41) is 13.9. The number of anilines is 1. The van der Waals surface area contributed by atoms with E-state index in [4.69, 9.17) is 11.6 Å². The second-order valence-corrected chi connectivity index (χ2v) is 8.80. The fourth-order valence-electron chi connectivity index (χ4n) is 3.07. The highest BCUT2D eigenvalue weighted by Crippen LogP contribution is 2.28. The molecule has 1 amide bonds. The summed E-state index contributed by atoms with van der Waals surface area (Å²) in [5.74, 6) is 0.521. The molecule has 0 saturated carbocycles. The van der Waals surface area contributed by atoms with Crippen molar-refractivity contribution in [1.29, 1.82) is 0 Å². The van der Waals surface area contributed by atoms with E-state index in [1.807, 2.05) is 72.1 Å². The number of carbonyl (C=O) groups is 1. The van der Waals surface area contributed by atoms with Crippen LogP contribution in [0.25, 0.3) is 17.1 Å². The van der Waals surface area contributed by atoms with Crippen LogP contribution < -0.4 is 10.3 Å². The topological polar surface area (TPSA) is 88.3 Å². The van der Waals surface area contributed by atoms with E-state index in [9.17, 15) is 4.79 Å². The number of pyridine rings is 1. The van der Waals surface area contributed by atoms with E-state index in [2.05, 4.69) is 25.7 Å². The molecule has 0 radical (unpaired) electrons. The summed E-state index contributed by atoms with van der Waals surface area (Å²) in [5.41, 5.74) is 6.24. The fraction of sp³-hybridized carbons (Fsp3) is 0.125. The zero-order valence-electron chi connectivity index (χ0n) is 18.6. The van der Waals surface area contributed by atoms with E-state index in [1.165, 1.54) is 11.8 Å². The third-order valence-electron chi connectivity index (χ3n) is 4.80. The number of rotatable bonds is 8. The molecule has 0 saturated heterocycles. The van der Waals surface area contributed by atoms with Crippen LogP contribution in [0, 0.1) is 0 Å². The Labute approximate surface area is 206 Å². The number of aromatic nitrogens is 4. The third-order valence-corrected chi connectivity index (χ3v) is 5.98. The third kappa shape index (κ3) is 5.81. The van der Waals surface area contributed by atoms with Crippen LogP contribution >= 0.6 is 23.4 Å². The van der Waals surface area contributed by atoms with Gasteiger partial charge >= 0.3 is 0 Å². The molecule has 0 bridgehead atoms. The summed E-state index contributed by atoms with van der Waals surface area (Å²) in [7, 11) is 3.96. The lowest BCUT2D eigenvalue weighted by molar-refractivity contribution is -0.118. The van der Waals surface area contributed by atoms with Crippen molar-refractivity contribution in [3.63, 3.8) is 0 Å². The molecule has 2 aromatic carbocycles. The number of nitrogens with zero attached hydrogens (tertiary/aromatic N) is 6. The number of hydrazone groups is 1. The molecule has 0 spiro atoms. The van der Waals surface area contributed by atoms with Crippen molar-refractivity contribution >= 4 is 41.2 Å². The molecule has 172 valence electrons. The van der Waals surface area contributed by atoms with Gasteiger partial charge in [-0.2, -0.15) is 5.10 Å². The highest BCUT2D eigenvalue weighted by atomic mass is 35.5. The average Bonchev–Trinajstić information content (AvgIpc) is 3.28. The first-order valence-corrected chi connectivity index (χ1v) is 11.7. The van der Waals surface area contributed by atoms with E-state index < -0.39 is 0 Å². The number of nitrogens with one attached hydrogen (secondary N) is 1. The molecule has 0 aliphatic heterocycles. The maximum atomic E-state index is 12.4.